The fourth-order valence-electron chi connectivity index (χ4n) is 8.49. The molecule has 0 aromatic rings. The number of hydrogen-bond acceptors (Lipinski definition) is 6. The first kappa shape index (κ1) is 60.4. The van der Waals surface area contributed by atoms with Crippen molar-refractivity contribution in [2.24, 2.45) is 11.8 Å². The van der Waals surface area contributed by atoms with Crippen LogP contribution in [0.15, 0.2) is 0 Å². The van der Waals surface area contributed by atoms with Crippen LogP contribution in [0, 0.1) is 11.8 Å². The summed E-state index contributed by atoms with van der Waals surface area (Å²) in [5, 5.41) is 0. The van der Waals surface area contributed by atoms with E-state index >= 15 is 0 Å². The van der Waals surface area contributed by atoms with E-state index in [4.69, 9.17) is 14.2 Å². The van der Waals surface area contributed by atoms with Gasteiger partial charge < -0.3 is 14.2 Å². The number of esters is 3. The first-order chi connectivity index (χ1) is 30.3. The summed E-state index contributed by atoms with van der Waals surface area (Å²) in [5.41, 5.74) is 0. The van der Waals surface area contributed by atoms with E-state index in [1.165, 1.54) is 199 Å². The zero-order chi connectivity index (χ0) is 45.4. The quantitative estimate of drug-likeness (QED) is 0.0344. The average Bonchev–Trinajstić information content (AvgIpc) is 3.26. The van der Waals surface area contributed by atoms with Crippen LogP contribution in [0.3, 0.4) is 0 Å². The Morgan fingerprint density at radius 2 is 0.613 bits per heavy atom. The highest BCUT2D eigenvalue weighted by atomic mass is 16.6. The summed E-state index contributed by atoms with van der Waals surface area (Å²) in [6.45, 7) is 11.4. The van der Waals surface area contributed by atoms with Crippen molar-refractivity contribution in [2.45, 2.75) is 317 Å². The maximum Gasteiger partial charge on any atom is 0.306 e. The summed E-state index contributed by atoms with van der Waals surface area (Å²) in [7, 11) is 0. The van der Waals surface area contributed by atoms with Gasteiger partial charge in [0, 0.05) is 19.3 Å². The summed E-state index contributed by atoms with van der Waals surface area (Å²) in [6, 6.07) is 0. The molecule has 0 rings (SSSR count). The maximum atomic E-state index is 12.8. The van der Waals surface area contributed by atoms with Crippen molar-refractivity contribution in [3.63, 3.8) is 0 Å². The van der Waals surface area contributed by atoms with Crippen molar-refractivity contribution >= 4 is 17.9 Å². The van der Waals surface area contributed by atoms with Gasteiger partial charge in [-0.2, -0.15) is 0 Å². The molecule has 1 unspecified atom stereocenters. The van der Waals surface area contributed by atoms with Gasteiger partial charge in [-0.1, -0.05) is 272 Å². The van der Waals surface area contributed by atoms with E-state index in [0.717, 1.165) is 69.6 Å². The molecule has 0 amide bonds. The molecule has 0 bridgehead atoms. The molecule has 0 saturated carbocycles. The van der Waals surface area contributed by atoms with Gasteiger partial charge in [0.1, 0.15) is 13.2 Å². The average molecular weight is 877 g/mol. The Labute approximate surface area is 387 Å². The molecule has 0 aromatic heterocycles. The zero-order valence-electron chi connectivity index (χ0n) is 42.5. The fraction of sp³-hybridized carbons (Fsp3) is 0.946. The SMILES string of the molecule is CCCCCCCCCCCCCCCCCC(=O)OC[C@@H](COC(=O)CCCCCCCCCCCCCCCCCCC(C)C)OC(=O)CCCCCCCCC(C)CC. The first-order valence-electron chi connectivity index (χ1n) is 27.8. The normalized spacial score (nSPS) is 12.5. The van der Waals surface area contributed by atoms with Gasteiger partial charge in [0.2, 0.25) is 0 Å². The lowest BCUT2D eigenvalue weighted by atomic mass is 10.00. The standard InChI is InChI=1S/C56H108O6/c1-6-8-9-10-11-12-13-14-17-21-24-27-30-36-41-46-54(57)60-49-53(62-56(59)48-43-38-33-32-35-40-45-52(5)7-2)50-61-55(58)47-42-37-31-28-25-22-19-16-15-18-20-23-26-29-34-39-44-51(3)4/h51-53H,6-50H2,1-5H3/t52?,53-/m0/s1. The van der Waals surface area contributed by atoms with E-state index in [-0.39, 0.29) is 31.1 Å². The van der Waals surface area contributed by atoms with Crippen LogP contribution in [-0.4, -0.2) is 37.2 Å². The molecule has 0 heterocycles. The van der Waals surface area contributed by atoms with Crippen molar-refractivity contribution in [1.29, 1.82) is 0 Å². The number of rotatable bonds is 50. The molecule has 0 fully saturated rings. The molecule has 2 atom stereocenters. The third-order valence-corrected chi connectivity index (χ3v) is 13.1. The molecule has 0 radical (unpaired) electrons. The van der Waals surface area contributed by atoms with Crippen molar-refractivity contribution in [3.05, 3.63) is 0 Å². The molecule has 0 N–H and O–H groups in total. The van der Waals surface area contributed by atoms with Gasteiger partial charge in [-0.25, -0.2) is 0 Å². The number of carbonyl (C=O) groups is 3. The monoisotopic (exact) mass is 877 g/mol. The summed E-state index contributed by atoms with van der Waals surface area (Å²) in [5.74, 6) is 0.816. The van der Waals surface area contributed by atoms with Crippen LogP contribution in [0.4, 0.5) is 0 Å². The number of ether oxygens (including phenoxy) is 3. The Balaban J connectivity index is 4.23. The second-order valence-electron chi connectivity index (χ2n) is 19.9. The molecule has 0 aliphatic heterocycles. The summed E-state index contributed by atoms with van der Waals surface area (Å²) >= 11 is 0. The van der Waals surface area contributed by atoms with Gasteiger partial charge in [0.25, 0.3) is 0 Å². The van der Waals surface area contributed by atoms with Gasteiger partial charge in [-0.05, 0) is 31.1 Å². The lowest BCUT2D eigenvalue weighted by Gasteiger charge is -2.18. The Bertz CT molecular complexity index is 949. The Morgan fingerprint density at radius 3 is 0.919 bits per heavy atom. The predicted octanol–water partition coefficient (Wildman–Crippen LogP) is 18.1. The zero-order valence-corrected chi connectivity index (χ0v) is 42.5. The molecule has 62 heavy (non-hydrogen) atoms. The van der Waals surface area contributed by atoms with Gasteiger partial charge in [-0.3, -0.25) is 14.4 Å². The molecule has 6 nitrogen and oxygen atoms in total. The van der Waals surface area contributed by atoms with Crippen LogP contribution >= 0.6 is 0 Å². The van der Waals surface area contributed by atoms with Gasteiger partial charge in [0.05, 0.1) is 0 Å². The summed E-state index contributed by atoms with van der Waals surface area (Å²) in [6.07, 6.45) is 51.0. The molecule has 0 aromatic carbocycles. The van der Waals surface area contributed by atoms with Crippen molar-refractivity contribution in [2.75, 3.05) is 13.2 Å². The highest BCUT2D eigenvalue weighted by molar-refractivity contribution is 5.71. The second kappa shape index (κ2) is 48.9. The molecule has 0 aliphatic rings. The lowest BCUT2D eigenvalue weighted by molar-refractivity contribution is -0.167. The Kier molecular flexibility index (Phi) is 47.6. The van der Waals surface area contributed by atoms with E-state index in [1.807, 2.05) is 0 Å². The fourth-order valence-corrected chi connectivity index (χ4v) is 8.49. The molecule has 368 valence electrons. The van der Waals surface area contributed by atoms with Crippen LogP contribution in [0.1, 0.15) is 311 Å². The maximum absolute atomic E-state index is 12.8. The molecule has 0 spiro atoms. The largest absolute Gasteiger partial charge is 0.462 e. The van der Waals surface area contributed by atoms with Gasteiger partial charge >= 0.3 is 17.9 Å². The summed E-state index contributed by atoms with van der Waals surface area (Å²) < 4.78 is 16.8. The van der Waals surface area contributed by atoms with E-state index in [2.05, 4.69) is 34.6 Å². The summed E-state index contributed by atoms with van der Waals surface area (Å²) in [4.78, 5) is 38.0. The molecule has 0 saturated heterocycles. The van der Waals surface area contributed by atoms with E-state index in [1.54, 1.807) is 0 Å². The van der Waals surface area contributed by atoms with E-state index < -0.39 is 6.10 Å². The predicted molar refractivity (Wildman–Crippen MR) is 266 cm³/mol. The van der Waals surface area contributed by atoms with Crippen molar-refractivity contribution in [3.8, 4) is 0 Å². The second-order valence-corrected chi connectivity index (χ2v) is 19.9. The van der Waals surface area contributed by atoms with Crippen LogP contribution in [0.2, 0.25) is 0 Å². The minimum absolute atomic E-state index is 0.0640. The van der Waals surface area contributed by atoms with Crippen LogP contribution in [-0.2, 0) is 28.6 Å². The van der Waals surface area contributed by atoms with E-state index in [9.17, 15) is 14.4 Å². The molecular formula is C56H108O6. The van der Waals surface area contributed by atoms with Crippen LogP contribution in [0.5, 0.6) is 0 Å². The third kappa shape index (κ3) is 47.9. The van der Waals surface area contributed by atoms with Gasteiger partial charge in [0.15, 0.2) is 6.10 Å². The Hall–Kier alpha value is -1.59. The number of unbranched alkanes of at least 4 members (excludes halogenated alkanes) is 34. The van der Waals surface area contributed by atoms with Crippen molar-refractivity contribution in [1.82, 2.24) is 0 Å². The Morgan fingerprint density at radius 1 is 0.339 bits per heavy atom. The minimum atomic E-state index is -0.763. The minimum Gasteiger partial charge on any atom is -0.462 e. The number of carbonyl (C=O) groups excluding carboxylic acids is 3. The lowest BCUT2D eigenvalue weighted by Crippen LogP contribution is -2.30. The van der Waals surface area contributed by atoms with Crippen LogP contribution in [0.25, 0.3) is 0 Å². The molecular weight excluding hydrogens is 769 g/mol. The topological polar surface area (TPSA) is 78.9 Å². The van der Waals surface area contributed by atoms with Gasteiger partial charge in [-0.15, -0.1) is 0 Å². The van der Waals surface area contributed by atoms with E-state index in [0.29, 0.717) is 19.3 Å². The molecule has 0 aliphatic carbocycles. The first-order valence-corrected chi connectivity index (χ1v) is 27.8. The highest BCUT2D eigenvalue weighted by Crippen LogP contribution is 2.18. The third-order valence-electron chi connectivity index (χ3n) is 13.1. The number of hydrogen-bond donors (Lipinski definition) is 0. The smallest absolute Gasteiger partial charge is 0.306 e. The molecule has 6 heteroatoms. The highest BCUT2D eigenvalue weighted by Gasteiger charge is 2.19. The van der Waals surface area contributed by atoms with Crippen LogP contribution < -0.4 is 0 Å². The van der Waals surface area contributed by atoms with Crippen molar-refractivity contribution < 1.29 is 28.6 Å².